The molecule has 0 aromatic rings. The van der Waals surface area contributed by atoms with Crippen LogP contribution in [0, 0.1) is 5.92 Å². The Kier molecular flexibility index (Phi) is 3.53. The number of nitrogens with zero attached hydrogens (tertiary/aromatic N) is 1. The van der Waals surface area contributed by atoms with Crippen LogP contribution in [0.25, 0.3) is 0 Å². The van der Waals surface area contributed by atoms with Crippen molar-refractivity contribution < 1.29 is 9.90 Å². The fourth-order valence-corrected chi connectivity index (χ4v) is 1.80. The largest absolute Gasteiger partial charge is 0.393 e. The second-order valence-corrected chi connectivity index (χ2v) is 3.87. The van der Waals surface area contributed by atoms with Crippen molar-refractivity contribution in [3.05, 3.63) is 0 Å². The monoisotopic (exact) mass is 235 g/mol. The van der Waals surface area contributed by atoms with Gasteiger partial charge >= 0.3 is 0 Å². The van der Waals surface area contributed by atoms with Crippen molar-refractivity contribution in [2.24, 2.45) is 5.92 Å². The highest BCUT2D eigenvalue weighted by atomic mass is 79.9. The van der Waals surface area contributed by atoms with E-state index >= 15 is 0 Å². The Morgan fingerprint density at radius 1 is 1.75 bits per heavy atom. The van der Waals surface area contributed by atoms with Gasteiger partial charge in [-0.1, -0.05) is 22.9 Å². The zero-order valence-corrected chi connectivity index (χ0v) is 8.75. The van der Waals surface area contributed by atoms with Crippen molar-refractivity contribution >= 4 is 21.8 Å². The molecule has 1 fully saturated rings. The van der Waals surface area contributed by atoms with Gasteiger partial charge in [0.15, 0.2) is 0 Å². The van der Waals surface area contributed by atoms with Crippen molar-refractivity contribution in [1.29, 1.82) is 0 Å². The molecule has 0 aromatic heterocycles. The van der Waals surface area contributed by atoms with Crippen LogP contribution >= 0.6 is 15.9 Å². The van der Waals surface area contributed by atoms with Crippen LogP contribution < -0.4 is 0 Å². The first-order chi connectivity index (χ1) is 5.65. The molecule has 0 aromatic carbocycles. The summed E-state index contributed by atoms with van der Waals surface area (Å²) in [5.74, 6) is 0.329. The number of rotatable bonds is 1. The van der Waals surface area contributed by atoms with Crippen LogP contribution in [0.5, 0.6) is 0 Å². The maximum absolute atomic E-state index is 11.2. The Morgan fingerprint density at radius 2 is 2.42 bits per heavy atom. The van der Waals surface area contributed by atoms with E-state index < -0.39 is 0 Å². The van der Waals surface area contributed by atoms with Gasteiger partial charge in [0.05, 0.1) is 11.4 Å². The number of carbonyl (C=O) groups excluding carboxylic acids is 1. The lowest BCUT2D eigenvalue weighted by atomic mass is 9.97. The van der Waals surface area contributed by atoms with E-state index in [9.17, 15) is 9.90 Å². The predicted molar refractivity (Wildman–Crippen MR) is 50.2 cm³/mol. The first-order valence-electron chi connectivity index (χ1n) is 4.17. The van der Waals surface area contributed by atoms with Gasteiger partial charge in [0.25, 0.3) is 0 Å². The van der Waals surface area contributed by atoms with Gasteiger partial charge in [0.1, 0.15) is 0 Å². The van der Waals surface area contributed by atoms with Gasteiger partial charge in [-0.05, 0) is 12.3 Å². The van der Waals surface area contributed by atoms with Crippen LogP contribution in [-0.2, 0) is 4.79 Å². The average molecular weight is 236 g/mol. The van der Waals surface area contributed by atoms with Crippen molar-refractivity contribution in [1.82, 2.24) is 4.90 Å². The lowest BCUT2D eigenvalue weighted by Gasteiger charge is -2.34. The quantitative estimate of drug-likeness (QED) is 0.677. The molecule has 2 atom stereocenters. The molecule has 0 aliphatic carbocycles. The lowest BCUT2D eigenvalue weighted by Crippen LogP contribution is -2.45. The number of aliphatic hydroxyl groups is 1. The number of halogens is 1. The molecule has 1 rings (SSSR count). The highest BCUT2D eigenvalue weighted by Gasteiger charge is 2.26. The molecule has 3 nitrogen and oxygen atoms in total. The maximum atomic E-state index is 11.2. The minimum atomic E-state index is -0.232. The molecule has 0 radical (unpaired) electrons. The topological polar surface area (TPSA) is 40.5 Å². The Balaban J connectivity index is 2.45. The minimum absolute atomic E-state index is 0.119. The van der Waals surface area contributed by atoms with E-state index in [1.807, 2.05) is 6.92 Å². The van der Waals surface area contributed by atoms with Gasteiger partial charge in [-0.15, -0.1) is 0 Å². The highest BCUT2D eigenvalue weighted by molar-refractivity contribution is 9.09. The summed E-state index contributed by atoms with van der Waals surface area (Å²) in [5, 5.41) is 9.79. The molecule has 70 valence electrons. The summed E-state index contributed by atoms with van der Waals surface area (Å²) in [5.41, 5.74) is 0. The number of alkyl halides is 1. The summed E-state index contributed by atoms with van der Waals surface area (Å²) in [7, 11) is 0. The van der Waals surface area contributed by atoms with Gasteiger partial charge in [0.2, 0.25) is 5.91 Å². The van der Waals surface area contributed by atoms with E-state index in [0.29, 0.717) is 24.8 Å². The van der Waals surface area contributed by atoms with E-state index in [1.165, 1.54) is 0 Å². The number of hydrogen-bond acceptors (Lipinski definition) is 2. The molecule has 4 heteroatoms. The van der Waals surface area contributed by atoms with E-state index in [0.717, 1.165) is 0 Å². The number of amides is 1. The molecule has 0 spiro atoms. The van der Waals surface area contributed by atoms with E-state index in [4.69, 9.17) is 0 Å². The van der Waals surface area contributed by atoms with Gasteiger partial charge in [-0.2, -0.15) is 0 Å². The molecule has 1 heterocycles. The van der Waals surface area contributed by atoms with Gasteiger partial charge in [0, 0.05) is 13.1 Å². The molecule has 1 aliphatic heterocycles. The number of piperidine rings is 1. The summed E-state index contributed by atoms with van der Waals surface area (Å²) in [6.45, 7) is 3.35. The van der Waals surface area contributed by atoms with Crippen molar-refractivity contribution in [2.45, 2.75) is 19.4 Å². The van der Waals surface area contributed by atoms with E-state index in [-0.39, 0.29) is 17.9 Å². The smallest absolute Gasteiger partial charge is 0.233 e. The number of aliphatic hydroxyl groups excluding tert-OH is 1. The third-order valence-electron chi connectivity index (χ3n) is 2.33. The molecule has 1 saturated heterocycles. The molecule has 1 amide bonds. The van der Waals surface area contributed by atoms with Crippen molar-refractivity contribution in [3.63, 3.8) is 0 Å². The summed E-state index contributed by atoms with van der Waals surface area (Å²) >= 11 is 3.13. The first-order valence-corrected chi connectivity index (χ1v) is 5.29. The second-order valence-electron chi connectivity index (χ2n) is 3.31. The van der Waals surface area contributed by atoms with E-state index in [2.05, 4.69) is 15.9 Å². The third kappa shape index (κ3) is 2.20. The number of carbonyl (C=O) groups is 1. The van der Waals surface area contributed by atoms with Gasteiger partial charge < -0.3 is 10.0 Å². The Bertz CT molecular complexity index is 174. The van der Waals surface area contributed by atoms with Crippen LogP contribution in [0.4, 0.5) is 0 Å². The molecule has 1 N–H and O–H groups in total. The summed E-state index contributed by atoms with van der Waals surface area (Å²) < 4.78 is 0. The Labute approximate surface area is 80.9 Å². The molecule has 0 bridgehead atoms. The number of likely N-dealkylation sites (tertiary alicyclic amines) is 1. The summed E-state index contributed by atoms with van der Waals surface area (Å²) in [6.07, 6.45) is 0.476. The normalized spacial score (nSPS) is 30.4. The standard InChI is InChI=1S/C8H14BrNO2/c1-6-5-10(8(12)4-9)3-2-7(6)11/h6-7,11H,2-5H2,1H3. The van der Waals surface area contributed by atoms with Crippen LogP contribution in [0.15, 0.2) is 0 Å². The van der Waals surface area contributed by atoms with E-state index in [1.54, 1.807) is 4.90 Å². The third-order valence-corrected chi connectivity index (χ3v) is 2.81. The van der Waals surface area contributed by atoms with Crippen LogP contribution in [0.3, 0.4) is 0 Å². The fraction of sp³-hybridized carbons (Fsp3) is 0.875. The van der Waals surface area contributed by atoms with Gasteiger partial charge in [-0.3, -0.25) is 4.79 Å². The minimum Gasteiger partial charge on any atom is -0.393 e. The second kappa shape index (κ2) is 4.23. The van der Waals surface area contributed by atoms with Crippen molar-refractivity contribution in [2.75, 3.05) is 18.4 Å². The van der Waals surface area contributed by atoms with Crippen LogP contribution in [0.2, 0.25) is 0 Å². The predicted octanol–water partition coefficient (Wildman–Crippen LogP) is 0.611. The molecule has 2 unspecified atom stereocenters. The average Bonchev–Trinajstić information content (AvgIpc) is 2.08. The Hall–Kier alpha value is -0.0900. The highest BCUT2D eigenvalue weighted by Crippen LogP contribution is 2.16. The fourth-order valence-electron chi connectivity index (χ4n) is 1.44. The zero-order chi connectivity index (χ0) is 9.14. The van der Waals surface area contributed by atoms with Crippen molar-refractivity contribution in [3.8, 4) is 0 Å². The zero-order valence-electron chi connectivity index (χ0n) is 7.16. The summed E-state index contributed by atoms with van der Waals surface area (Å²) in [4.78, 5) is 13.0. The molecule has 12 heavy (non-hydrogen) atoms. The molecule has 1 aliphatic rings. The summed E-state index contributed by atoms with van der Waals surface area (Å²) in [6, 6.07) is 0. The molecular weight excluding hydrogens is 222 g/mol. The van der Waals surface area contributed by atoms with Crippen LogP contribution in [0.1, 0.15) is 13.3 Å². The van der Waals surface area contributed by atoms with Crippen LogP contribution in [-0.4, -0.2) is 40.4 Å². The maximum Gasteiger partial charge on any atom is 0.233 e. The Morgan fingerprint density at radius 3 is 2.92 bits per heavy atom. The number of hydrogen-bond donors (Lipinski definition) is 1. The SMILES string of the molecule is CC1CN(C(=O)CBr)CCC1O. The molecular formula is C8H14BrNO2. The van der Waals surface area contributed by atoms with Gasteiger partial charge in [-0.25, -0.2) is 0 Å². The first kappa shape index (κ1) is 9.99. The molecule has 0 saturated carbocycles. The lowest BCUT2D eigenvalue weighted by molar-refractivity contribution is -0.131.